The molecule has 0 amide bonds. The maximum Gasteiger partial charge on any atom is 0.274 e. The fourth-order valence-electron chi connectivity index (χ4n) is 1.96. The van der Waals surface area contributed by atoms with Gasteiger partial charge in [-0.05, 0) is 31.5 Å². The van der Waals surface area contributed by atoms with E-state index in [-0.39, 0.29) is 18.5 Å². The number of fused-ring (bicyclic) bond motifs is 1. The molecule has 3 nitrogen and oxygen atoms in total. The number of benzene rings is 1. The fourth-order valence-corrected chi connectivity index (χ4v) is 2.85. The van der Waals surface area contributed by atoms with Crippen molar-refractivity contribution < 1.29 is 4.74 Å². The van der Waals surface area contributed by atoms with Crippen LogP contribution in [0.2, 0.25) is 0 Å². The molecule has 1 saturated heterocycles. The number of para-hydroxylation sites is 1. The summed E-state index contributed by atoms with van der Waals surface area (Å²) in [5.74, 6) is 0. The predicted octanol–water partition coefficient (Wildman–Crippen LogP) is 2.85. The quantitative estimate of drug-likeness (QED) is 0.911. The molecule has 1 atom stereocenters. The smallest absolute Gasteiger partial charge is 0.274 e. The van der Waals surface area contributed by atoms with Crippen LogP contribution in [-0.2, 0) is 0 Å². The molecule has 0 spiro atoms. The van der Waals surface area contributed by atoms with Crippen molar-refractivity contribution in [1.82, 2.24) is 10.3 Å². The molecule has 1 fully saturated rings. The standard InChI is InChI=1S/C12H14N2OS.ClH/c1-2-6-11-10(5-1)14-12(16-11)15-9-4-3-7-13-8-9;/h1-2,5-6,9,13H,3-4,7-8H2;1H/t9-;/m1./s1. The lowest BCUT2D eigenvalue weighted by Gasteiger charge is -2.22. The first-order chi connectivity index (χ1) is 7.92. The summed E-state index contributed by atoms with van der Waals surface area (Å²) in [5.41, 5.74) is 1.03. The van der Waals surface area contributed by atoms with Gasteiger partial charge in [0.25, 0.3) is 5.19 Å². The predicted molar refractivity (Wildman–Crippen MR) is 73.4 cm³/mol. The van der Waals surface area contributed by atoms with E-state index >= 15 is 0 Å². The minimum atomic E-state index is 0. The molecule has 0 bridgehead atoms. The Hall–Kier alpha value is -0.840. The van der Waals surface area contributed by atoms with Gasteiger partial charge < -0.3 is 10.1 Å². The normalized spacial score (nSPS) is 19.9. The van der Waals surface area contributed by atoms with Crippen molar-refractivity contribution >= 4 is 34.0 Å². The summed E-state index contributed by atoms with van der Waals surface area (Å²) in [5, 5.41) is 4.14. The van der Waals surface area contributed by atoms with Crippen LogP contribution in [0, 0.1) is 0 Å². The van der Waals surface area contributed by atoms with Gasteiger partial charge in [0.1, 0.15) is 6.10 Å². The summed E-state index contributed by atoms with van der Waals surface area (Å²) in [6.07, 6.45) is 2.60. The fraction of sp³-hybridized carbons (Fsp3) is 0.417. The average molecular weight is 271 g/mol. The van der Waals surface area contributed by atoms with Crippen LogP contribution >= 0.6 is 23.7 Å². The Morgan fingerprint density at radius 2 is 2.24 bits per heavy atom. The van der Waals surface area contributed by atoms with E-state index in [1.807, 2.05) is 18.2 Å². The van der Waals surface area contributed by atoms with Crippen molar-refractivity contribution in [2.24, 2.45) is 0 Å². The van der Waals surface area contributed by atoms with Crippen molar-refractivity contribution in [3.63, 3.8) is 0 Å². The van der Waals surface area contributed by atoms with Gasteiger partial charge in [0.15, 0.2) is 0 Å². The zero-order chi connectivity index (χ0) is 10.8. The number of hydrogen-bond acceptors (Lipinski definition) is 4. The van der Waals surface area contributed by atoms with Crippen LogP contribution in [0.4, 0.5) is 0 Å². The van der Waals surface area contributed by atoms with Gasteiger partial charge in [-0.15, -0.1) is 12.4 Å². The zero-order valence-electron chi connectivity index (χ0n) is 9.39. The minimum absolute atomic E-state index is 0. The second-order valence-electron chi connectivity index (χ2n) is 4.03. The summed E-state index contributed by atoms with van der Waals surface area (Å²) in [7, 11) is 0. The average Bonchev–Trinajstić information content (AvgIpc) is 2.72. The first-order valence-electron chi connectivity index (χ1n) is 5.65. The summed E-state index contributed by atoms with van der Waals surface area (Å²) < 4.78 is 7.08. The van der Waals surface area contributed by atoms with E-state index in [2.05, 4.69) is 16.4 Å². The third-order valence-electron chi connectivity index (χ3n) is 2.79. The number of thiazole rings is 1. The van der Waals surface area contributed by atoms with Crippen LogP contribution < -0.4 is 10.1 Å². The molecule has 2 aromatic rings. The highest BCUT2D eigenvalue weighted by Crippen LogP contribution is 2.28. The van der Waals surface area contributed by atoms with Gasteiger partial charge in [-0.25, -0.2) is 4.98 Å². The second-order valence-corrected chi connectivity index (χ2v) is 5.03. The summed E-state index contributed by atoms with van der Waals surface area (Å²) in [6.45, 7) is 2.05. The highest BCUT2D eigenvalue weighted by molar-refractivity contribution is 7.20. The Morgan fingerprint density at radius 3 is 3.00 bits per heavy atom. The molecule has 1 N–H and O–H groups in total. The Morgan fingerprint density at radius 1 is 1.35 bits per heavy atom. The Kier molecular flexibility index (Phi) is 4.20. The van der Waals surface area contributed by atoms with Crippen LogP contribution in [0.1, 0.15) is 12.8 Å². The number of halogens is 1. The first kappa shape index (κ1) is 12.6. The first-order valence-corrected chi connectivity index (χ1v) is 6.46. The molecule has 0 saturated carbocycles. The van der Waals surface area contributed by atoms with E-state index in [4.69, 9.17) is 4.74 Å². The summed E-state index contributed by atoms with van der Waals surface area (Å²) >= 11 is 1.63. The second kappa shape index (κ2) is 5.67. The van der Waals surface area contributed by atoms with E-state index in [9.17, 15) is 0 Å². The molecule has 2 heterocycles. The maximum absolute atomic E-state index is 5.89. The van der Waals surface area contributed by atoms with E-state index < -0.39 is 0 Å². The van der Waals surface area contributed by atoms with Crippen LogP contribution in [0.3, 0.4) is 0 Å². The van der Waals surface area contributed by atoms with Gasteiger partial charge in [0, 0.05) is 6.54 Å². The molecule has 3 rings (SSSR count). The minimum Gasteiger partial charge on any atom is -0.465 e. The highest BCUT2D eigenvalue weighted by Gasteiger charge is 2.16. The molecule has 1 aromatic carbocycles. The molecule has 1 aliphatic rings. The van der Waals surface area contributed by atoms with Crippen LogP contribution in [-0.4, -0.2) is 24.2 Å². The van der Waals surface area contributed by atoms with Crippen molar-refractivity contribution in [1.29, 1.82) is 0 Å². The van der Waals surface area contributed by atoms with Gasteiger partial charge in [0.2, 0.25) is 0 Å². The lowest BCUT2D eigenvalue weighted by Crippen LogP contribution is -2.37. The summed E-state index contributed by atoms with van der Waals surface area (Å²) in [4.78, 5) is 4.48. The maximum atomic E-state index is 5.89. The number of nitrogens with one attached hydrogen (secondary N) is 1. The van der Waals surface area contributed by atoms with Gasteiger partial charge in [0.05, 0.1) is 10.2 Å². The Bertz CT molecular complexity index is 449. The van der Waals surface area contributed by atoms with Gasteiger partial charge in [-0.2, -0.15) is 0 Å². The van der Waals surface area contributed by atoms with Crippen molar-refractivity contribution in [2.75, 3.05) is 13.1 Å². The number of nitrogens with zero attached hydrogens (tertiary/aromatic N) is 1. The number of hydrogen-bond donors (Lipinski definition) is 1. The van der Waals surface area contributed by atoms with Crippen LogP contribution in [0.25, 0.3) is 10.2 Å². The van der Waals surface area contributed by atoms with Crippen molar-refractivity contribution in [3.05, 3.63) is 24.3 Å². The third kappa shape index (κ3) is 2.89. The lowest BCUT2D eigenvalue weighted by molar-refractivity contribution is 0.167. The van der Waals surface area contributed by atoms with E-state index in [0.29, 0.717) is 0 Å². The Balaban J connectivity index is 0.00000108. The third-order valence-corrected chi connectivity index (χ3v) is 3.72. The molecule has 0 aliphatic carbocycles. The molecule has 5 heteroatoms. The molecule has 1 aromatic heterocycles. The largest absolute Gasteiger partial charge is 0.465 e. The van der Waals surface area contributed by atoms with Crippen LogP contribution in [0.15, 0.2) is 24.3 Å². The van der Waals surface area contributed by atoms with Gasteiger partial charge in [-0.3, -0.25) is 0 Å². The number of piperidine rings is 1. The monoisotopic (exact) mass is 270 g/mol. The molecular formula is C12H15ClN2OS. The zero-order valence-corrected chi connectivity index (χ0v) is 11.0. The topological polar surface area (TPSA) is 34.1 Å². The lowest BCUT2D eigenvalue weighted by atomic mass is 10.1. The van der Waals surface area contributed by atoms with E-state index in [1.54, 1.807) is 11.3 Å². The van der Waals surface area contributed by atoms with Crippen LogP contribution in [0.5, 0.6) is 5.19 Å². The molecule has 0 radical (unpaired) electrons. The molecule has 17 heavy (non-hydrogen) atoms. The Labute approximate surface area is 111 Å². The van der Waals surface area contributed by atoms with E-state index in [0.717, 1.165) is 30.2 Å². The molecule has 92 valence electrons. The summed E-state index contributed by atoms with van der Waals surface area (Å²) in [6, 6.07) is 8.15. The van der Waals surface area contributed by atoms with Crippen molar-refractivity contribution in [2.45, 2.75) is 18.9 Å². The van der Waals surface area contributed by atoms with Gasteiger partial charge in [-0.1, -0.05) is 23.5 Å². The number of aromatic nitrogens is 1. The molecule has 1 aliphatic heterocycles. The SMILES string of the molecule is Cl.c1ccc2sc(O[C@@H]3CCCNC3)nc2c1. The number of rotatable bonds is 2. The van der Waals surface area contributed by atoms with Gasteiger partial charge >= 0.3 is 0 Å². The van der Waals surface area contributed by atoms with E-state index in [1.165, 1.54) is 11.1 Å². The molecular weight excluding hydrogens is 256 g/mol. The number of ether oxygens (including phenoxy) is 1. The highest BCUT2D eigenvalue weighted by atomic mass is 35.5. The molecule has 0 unspecified atom stereocenters. The van der Waals surface area contributed by atoms with Crippen molar-refractivity contribution in [3.8, 4) is 5.19 Å².